The lowest BCUT2D eigenvalue weighted by Crippen LogP contribution is -2.30. The number of benzene rings is 2. The maximum Gasteiger partial charge on any atom is 0.260 e. The highest BCUT2D eigenvalue weighted by molar-refractivity contribution is 8.05. The van der Waals surface area contributed by atoms with E-state index in [-0.39, 0.29) is 17.5 Å². The summed E-state index contributed by atoms with van der Waals surface area (Å²) in [6.45, 7) is 6.13. The Morgan fingerprint density at radius 3 is 2.46 bits per heavy atom. The van der Waals surface area contributed by atoms with Crippen LogP contribution in [0.25, 0.3) is 6.08 Å². The number of hydrogen-bond donors (Lipinski definition) is 2. The summed E-state index contributed by atoms with van der Waals surface area (Å²) in [6.07, 6.45) is 3.07. The average Bonchev–Trinajstić information content (AvgIpc) is 2.96. The van der Waals surface area contributed by atoms with E-state index in [4.69, 9.17) is 4.74 Å². The van der Waals surface area contributed by atoms with Gasteiger partial charge in [0, 0.05) is 5.69 Å². The molecule has 2 aromatic carbocycles. The normalized spacial score (nSPS) is 18.2. The largest absolute Gasteiger partial charge is 0.491 e. The van der Waals surface area contributed by atoms with E-state index in [0.717, 1.165) is 23.4 Å². The molecule has 0 radical (unpaired) electrons. The lowest BCUT2D eigenvalue weighted by atomic mass is 10.1. The molecule has 136 valence electrons. The van der Waals surface area contributed by atoms with E-state index in [1.165, 1.54) is 17.3 Å². The summed E-state index contributed by atoms with van der Waals surface area (Å²) >= 11 is 1.49. The van der Waals surface area contributed by atoms with Crippen molar-refractivity contribution in [2.45, 2.75) is 38.8 Å². The second kappa shape index (κ2) is 8.32. The topological polar surface area (TPSA) is 50.4 Å². The minimum atomic E-state index is -0.162. The Balaban J connectivity index is 1.64. The van der Waals surface area contributed by atoms with Crippen molar-refractivity contribution >= 4 is 29.4 Å². The van der Waals surface area contributed by atoms with Gasteiger partial charge in [-0.25, -0.2) is 0 Å². The lowest BCUT2D eigenvalue weighted by molar-refractivity contribution is -0.116. The summed E-state index contributed by atoms with van der Waals surface area (Å²) < 4.78 is 5.64. The maximum absolute atomic E-state index is 12.2. The number of amides is 1. The Bertz CT molecular complexity index is 783. The number of aryl methyl sites for hydroxylation is 1. The van der Waals surface area contributed by atoms with Crippen LogP contribution in [0.5, 0.6) is 5.75 Å². The molecule has 1 atom stereocenters. The molecule has 1 fully saturated rings. The standard InChI is InChI=1S/C21H24N2O2S/c1-4-15-5-9-17(10-6-15)22-21-23-20(24)19(26-21)13-16-7-11-18(12-8-16)25-14(2)3/h5-14,21-22H,4H2,1-3H3,(H,23,24)/b19-13-/t21-/m1/s1. The molecule has 0 aliphatic carbocycles. The van der Waals surface area contributed by atoms with Gasteiger partial charge in [-0.1, -0.05) is 43.0 Å². The second-order valence-corrected chi connectivity index (χ2v) is 7.56. The van der Waals surface area contributed by atoms with Gasteiger partial charge >= 0.3 is 0 Å². The Morgan fingerprint density at radius 2 is 1.85 bits per heavy atom. The molecule has 26 heavy (non-hydrogen) atoms. The van der Waals surface area contributed by atoms with Crippen LogP contribution < -0.4 is 15.4 Å². The molecular weight excluding hydrogens is 344 g/mol. The zero-order valence-electron chi connectivity index (χ0n) is 15.3. The van der Waals surface area contributed by atoms with Crippen molar-refractivity contribution in [1.29, 1.82) is 0 Å². The predicted molar refractivity (Wildman–Crippen MR) is 109 cm³/mol. The molecule has 1 amide bonds. The monoisotopic (exact) mass is 368 g/mol. The van der Waals surface area contributed by atoms with Crippen LogP contribution in [0, 0.1) is 0 Å². The minimum Gasteiger partial charge on any atom is -0.491 e. The third kappa shape index (κ3) is 4.82. The summed E-state index contributed by atoms with van der Waals surface area (Å²) in [5.41, 5.74) is 3.11. The molecule has 0 unspecified atom stereocenters. The van der Waals surface area contributed by atoms with Crippen LogP contribution in [0.3, 0.4) is 0 Å². The third-order valence-electron chi connectivity index (χ3n) is 3.94. The van der Waals surface area contributed by atoms with E-state index in [9.17, 15) is 4.79 Å². The van der Waals surface area contributed by atoms with E-state index in [2.05, 4.69) is 29.7 Å². The summed E-state index contributed by atoms with van der Waals surface area (Å²) in [5, 5.41) is 6.30. The molecule has 0 bridgehead atoms. The summed E-state index contributed by atoms with van der Waals surface area (Å²) in [6, 6.07) is 16.1. The first-order valence-electron chi connectivity index (χ1n) is 8.85. The lowest BCUT2D eigenvalue weighted by Gasteiger charge is -2.12. The first-order valence-corrected chi connectivity index (χ1v) is 9.73. The van der Waals surface area contributed by atoms with E-state index >= 15 is 0 Å². The van der Waals surface area contributed by atoms with E-state index in [1.807, 2.05) is 56.3 Å². The number of carbonyl (C=O) groups excluding carboxylic acids is 1. The molecule has 5 heteroatoms. The quantitative estimate of drug-likeness (QED) is 0.730. The van der Waals surface area contributed by atoms with Gasteiger partial charge in [0.1, 0.15) is 5.75 Å². The Kier molecular flexibility index (Phi) is 5.89. The van der Waals surface area contributed by atoms with E-state index in [0.29, 0.717) is 4.91 Å². The van der Waals surface area contributed by atoms with Crippen molar-refractivity contribution in [3.63, 3.8) is 0 Å². The number of thioether (sulfide) groups is 1. The van der Waals surface area contributed by atoms with Gasteiger partial charge in [0.05, 0.1) is 11.0 Å². The van der Waals surface area contributed by atoms with Crippen molar-refractivity contribution < 1.29 is 9.53 Å². The van der Waals surface area contributed by atoms with Crippen molar-refractivity contribution in [3.05, 3.63) is 64.6 Å². The van der Waals surface area contributed by atoms with Crippen LogP contribution in [0.2, 0.25) is 0 Å². The smallest absolute Gasteiger partial charge is 0.260 e. The van der Waals surface area contributed by atoms with Crippen molar-refractivity contribution in [3.8, 4) is 5.75 Å². The van der Waals surface area contributed by atoms with Crippen molar-refractivity contribution in [1.82, 2.24) is 5.32 Å². The first kappa shape index (κ1) is 18.4. The van der Waals surface area contributed by atoms with Gasteiger partial charge in [-0.2, -0.15) is 0 Å². The summed E-state index contributed by atoms with van der Waals surface area (Å²) in [7, 11) is 0. The fraction of sp³-hybridized carbons (Fsp3) is 0.286. The maximum atomic E-state index is 12.2. The fourth-order valence-corrected chi connectivity index (χ4v) is 3.60. The Morgan fingerprint density at radius 1 is 1.15 bits per heavy atom. The fourth-order valence-electron chi connectivity index (χ4n) is 2.62. The number of ether oxygens (including phenoxy) is 1. The molecule has 2 aromatic rings. The van der Waals surface area contributed by atoms with Gasteiger partial charge in [-0.3, -0.25) is 4.79 Å². The molecule has 0 saturated carbocycles. The number of rotatable bonds is 6. The third-order valence-corrected chi connectivity index (χ3v) is 4.97. The van der Waals surface area contributed by atoms with Crippen molar-refractivity contribution in [2.75, 3.05) is 5.32 Å². The van der Waals surface area contributed by atoms with E-state index < -0.39 is 0 Å². The van der Waals surface area contributed by atoms with E-state index in [1.54, 1.807) is 0 Å². The highest BCUT2D eigenvalue weighted by atomic mass is 32.2. The molecular formula is C21H24N2O2S. The molecule has 0 aromatic heterocycles. The SMILES string of the molecule is CCc1ccc(N[C@@H]2NC(=O)/C(=C/c3ccc(OC(C)C)cc3)S2)cc1. The summed E-state index contributed by atoms with van der Waals surface area (Å²) in [5.74, 6) is 0.779. The van der Waals surface area contributed by atoms with Crippen LogP contribution in [-0.4, -0.2) is 17.5 Å². The molecule has 1 aliphatic rings. The van der Waals surface area contributed by atoms with Gasteiger partial charge in [-0.15, -0.1) is 0 Å². The predicted octanol–water partition coefficient (Wildman–Crippen LogP) is 4.64. The highest BCUT2D eigenvalue weighted by Crippen LogP contribution is 2.30. The van der Waals surface area contributed by atoms with Crippen LogP contribution in [0.4, 0.5) is 5.69 Å². The molecule has 0 spiro atoms. The number of nitrogens with one attached hydrogen (secondary N) is 2. The van der Waals surface area contributed by atoms with Gasteiger partial charge in [0.25, 0.3) is 5.91 Å². The van der Waals surface area contributed by atoms with Crippen LogP contribution >= 0.6 is 11.8 Å². The average molecular weight is 369 g/mol. The molecule has 1 heterocycles. The Hall–Kier alpha value is -2.40. The summed E-state index contributed by atoms with van der Waals surface area (Å²) in [4.78, 5) is 12.9. The second-order valence-electron chi connectivity index (χ2n) is 6.41. The number of hydrogen-bond acceptors (Lipinski definition) is 4. The zero-order chi connectivity index (χ0) is 18.5. The van der Waals surface area contributed by atoms with Gasteiger partial charge in [-0.05, 0) is 61.7 Å². The molecule has 1 saturated heterocycles. The van der Waals surface area contributed by atoms with Gasteiger partial charge < -0.3 is 15.4 Å². The molecule has 4 nitrogen and oxygen atoms in total. The first-order chi connectivity index (χ1) is 12.5. The number of anilines is 1. The van der Waals surface area contributed by atoms with Crippen LogP contribution in [0.15, 0.2) is 53.4 Å². The minimum absolute atomic E-state index is 0.0554. The molecule has 3 rings (SSSR count). The highest BCUT2D eigenvalue weighted by Gasteiger charge is 2.27. The molecule has 2 N–H and O–H groups in total. The van der Waals surface area contributed by atoms with Crippen LogP contribution in [-0.2, 0) is 11.2 Å². The van der Waals surface area contributed by atoms with Crippen molar-refractivity contribution in [2.24, 2.45) is 0 Å². The van der Waals surface area contributed by atoms with Gasteiger partial charge in [0.2, 0.25) is 0 Å². The van der Waals surface area contributed by atoms with Crippen LogP contribution in [0.1, 0.15) is 31.9 Å². The van der Waals surface area contributed by atoms with Gasteiger partial charge in [0.15, 0.2) is 5.50 Å². The molecule has 1 aliphatic heterocycles. The zero-order valence-corrected chi connectivity index (χ0v) is 16.1. The number of carbonyl (C=O) groups is 1. The Labute approximate surface area is 159 Å².